The number of aliphatic hydroxyl groups is 2. The number of hydrogen-bond donors (Lipinski definition) is 4. The minimum atomic E-state index is -0.716. The van der Waals surface area contributed by atoms with E-state index in [0.717, 1.165) is 18.7 Å². The van der Waals surface area contributed by atoms with E-state index in [2.05, 4.69) is 5.32 Å². The molecule has 130 valence electrons. The molecule has 0 spiro atoms. The van der Waals surface area contributed by atoms with Gasteiger partial charge in [-0.15, -0.1) is 0 Å². The Morgan fingerprint density at radius 2 is 1.83 bits per heavy atom. The van der Waals surface area contributed by atoms with Crippen LogP contribution in [0.25, 0.3) is 0 Å². The van der Waals surface area contributed by atoms with E-state index in [1.54, 1.807) is 19.2 Å². The molecule has 0 saturated heterocycles. The SMILES string of the molecule is COc1ccc(CCN[C@H](C)[C@H](O)c2ccc(O)c(CO)c2)cc1. The van der Waals surface area contributed by atoms with Crippen molar-refractivity contribution in [1.82, 2.24) is 5.32 Å². The normalized spacial score (nSPS) is 13.5. The third-order valence-electron chi connectivity index (χ3n) is 4.13. The molecular weight excluding hydrogens is 306 g/mol. The van der Waals surface area contributed by atoms with Crippen molar-refractivity contribution in [3.63, 3.8) is 0 Å². The highest BCUT2D eigenvalue weighted by Crippen LogP contribution is 2.24. The minimum absolute atomic E-state index is 0.0357. The Balaban J connectivity index is 1.88. The Morgan fingerprint density at radius 1 is 1.12 bits per heavy atom. The molecule has 0 aliphatic rings. The van der Waals surface area contributed by atoms with Crippen LogP contribution in [0.1, 0.15) is 29.7 Å². The van der Waals surface area contributed by atoms with Gasteiger partial charge in [0, 0.05) is 11.6 Å². The van der Waals surface area contributed by atoms with Crippen LogP contribution in [0.15, 0.2) is 42.5 Å². The second kappa shape index (κ2) is 8.68. The number of phenols is 1. The molecule has 2 rings (SSSR count). The zero-order valence-electron chi connectivity index (χ0n) is 14.1. The molecule has 0 amide bonds. The first kappa shape index (κ1) is 18.3. The third kappa shape index (κ3) is 4.71. The second-order valence-electron chi connectivity index (χ2n) is 5.83. The monoisotopic (exact) mass is 331 g/mol. The van der Waals surface area contributed by atoms with Crippen LogP contribution in [0.5, 0.6) is 11.5 Å². The highest BCUT2D eigenvalue weighted by atomic mass is 16.5. The predicted molar refractivity (Wildman–Crippen MR) is 93.2 cm³/mol. The minimum Gasteiger partial charge on any atom is -0.508 e. The van der Waals surface area contributed by atoms with Crippen molar-refractivity contribution >= 4 is 0 Å². The van der Waals surface area contributed by atoms with E-state index in [-0.39, 0.29) is 18.4 Å². The topological polar surface area (TPSA) is 82.0 Å². The van der Waals surface area contributed by atoms with Crippen LogP contribution in [0, 0.1) is 0 Å². The van der Waals surface area contributed by atoms with Gasteiger partial charge in [0.1, 0.15) is 11.5 Å². The number of hydrogen-bond acceptors (Lipinski definition) is 5. The van der Waals surface area contributed by atoms with Crippen LogP contribution in [0.2, 0.25) is 0 Å². The molecule has 2 aromatic carbocycles. The zero-order valence-corrected chi connectivity index (χ0v) is 14.1. The van der Waals surface area contributed by atoms with Gasteiger partial charge >= 0.3 is 0 Å². The summed E-state index contributed by atoms with van der Waals surface area (Å²) in [5.41, 5.74) is 2.27. The van der Waals surface area contributed by atoms with E-state index >= 15 is 0 Å². The third-order valence-corrected chi connectivity index (χ3v) is 4.13. The van der Waals surface area contributed by atoms with Gasteiger partial charge in [-0.3, -0.25) is 0 Å². The molecule has 0 aromatic heterocycles. The lowest BCUT2D eigenvalue weighted by atomic mass is 10.0. The van der Waals surface area contributed by atoms with Gasteiger partial charge in [-0.1, -0.05) is 18.2 Å². The summed E-state index contributed by atoms with van der Waals surface area (Å²) in [6.45, 7) is 2.38. The molecule has 0 radical (unpaired) electrons. The average molecular weight is 331 g/mol. The van der Waals surface area contributed by atoms with E-state index < -0.39 is 6.10 Å². The lowest BCUT2D eigenvalue weighted by Gasteiger charge is -2.21. The highest BCUT2D eigenvalue weighted by molar-refractivity contribution is 5.37. The van der Waals surface area contributed by atoms with Gasteiger partial charge in [-0.25, -0.2) is 0 Å². The van der Waals surface area contributed by atoms with Crippen LogP contribution in [0.4, 0.5) is 0 Å². The second-order valence-corrected chi connectivity index (χ2v) is 5.83. The summed E-state index contributed by atoms with van der Waals surface area (Å²) in [7, 11) is 1.64. The van der Waals surface area contributed by atoms with Crippen LogP contribution in [0.3, 0.4) is 0 Å². The number of ether oxygens (including phenoxy) is 1. The van der Waals surface area contributed by atoms with Gasteiger partial charge in [-0.2, -0.15) is 0 Å². The fourth-order valence-electron chi connectivity index (χ4n) is 2.55. The van der Waals surface area contributed by atoms with Gasteiger partial charge in [-0.05, 0) is 55.3 Å². The largest absolute Gasteiger partial charge is 0.508 e. The lowest BCUT2D eigenvalue weighted by Crippen LogP contribution is -2.33. The maximum Gasteiger partial charge on any atom is 0.121 e. The maximum absolute atomic E-state index is 10.4. The van der Waals surface area contributed by atoms with Crippen molar-refractivity contribution in [2.45, 2.75) is 32.1 Å². The fraction of sp³-hybridized carbons (Fsp3) is 0.368. The first-order valence-electron chi connectivity index (χ1n) is 8.02. The van der Waals surface area contributed by atoms with Crippen molar-refractivity contribution in [1.29, 1.82) is 0 Å². The molecule has 5 nitrogen and oxygen atoms in total. The van der Waals surface area contributed by atoms with E-state index in [0.29, 0.717) is 11.1 Å². The number of benzene rings is 2. The summed E-state index contributed by atoms with van der Waals surface area (Å²) in [6, 6.07) is 12.5. The van der Waals surface area contributed by atoms with Gasteiger partial charge in [0.05, 0.1) is 19.8 Å². The van der Waals surface area contributed by atoms with Crippen LogP contribution in [-0.4, -0.2) is 35.0 Å². The average Bonchev–Trinajstić information content (AvgIpc) is 2.62. The summed E-state index contributed by atoms with van der Waals surface area (Å²) in [4.78, 5) is 0. The molecule has 4 N–H and O–H groups in total. The number of aromatic hydroxyl groups is 1. The van der Waals surface area contributed by atoms with E-state index in [1.807, 2.05) is 31.2 Å². The molecule has 0 saturated carbocycles. The Morgan fingerprint density at radius 3 is 2.46 bits per heavy atom. The van der Waals surface area contributed by atoms with Gasteiger partial charge < -0.3 is 25.4 Å². The Labute approximate surface area is 142 Å². The molecule has 0 aliphatic carbocycles. The first-order valence-corrected chi connectivity index (χ1v) is 8.02. The Bertz CT molecular complexity index is 642. The molecular formula is C19H25NO4. The smallest absolute Gasteiger partial charge is 0.121 e. The van der Waals surface area contributed by atoms with Crippen molar-refractivity contribution in [3.05, 3.63) is 59.2 Å². The summed E-state index contributed by atoms with van der Waals surface area (Å²) in [6.07, 6.45) is 0.130. The predicted octanol–water partition coefficient (Wildman–Crippen LogP) is 2.15. The Hall–Kier alpha value is -2.08. The fourth-order valence-corrected chi connectivity index (χ4v) is 2.55. The van der Waals surface area contributed by atoms with Crippen LogP contribution in [-0.2, 0) is 13.0 Å². The summed E-state index contributed by atoms with van der Waals surface area (Å²) < 4.78 is 5.14. The first-order chi connectivity index (χ1) is 11.5. The van der Waals surface area contributed by atoms with Crippen LogP contribution < -0.4 is 10.1 Å². The van der Waals surface area contributed by atoms with E-state index in [1.165, 1.54) is 11.6 Å². The molecule has 2 atom stereocenters. The summed E-state index contributed by atoms with van der Waals surface area (Å²) in [5.74, 6) is 0.871. The summed E-state index contributed by atoms with van der Waals surface area (Å²) >= 11 is 0. The molecule has 2 aromatic rings. The number of aliphatic hydroxyl groups excluding tert-OH is 2. The maximum atomic E-state index is 10.4. The number of rotatable bonds is 8. The number of methoxy groups -OCH3 is 1. The van der Waals surface area contributed by atoms with E-state index in [9.17, 15) is 15.3 Å². The molecule has 0 heterocycles. The van der Waals surface area contributed by atoms with Gasteiger partial charge in [0.15, 0.2) is 0 Å². The van der Waals surface area contributed by atoms with Crippen molar-refractivity contribution in [3.8, 4) is 11.5 Å². The zero-order chi connectivity index (χ0) is 17.5. The molecule has 5 heteroatoms. The molecule has 0 bridgehead atoms. The standard InChI is InChI=1S/C19H25NO4/c1-13(19(23)15-5-8-18(22)16(11-15)12-21)20-10-9-14-3-6-17(24-2)7-4-14/h3-8,11,13,19-23H,9-10,12H2,1-2H3/t13-,19+/m1/s1. The highest BCUT2D eigenvalue weighted by Gasteiger charge is 2.17. The van der Waals surface area contributed by atoms with Crippen molar-refractivity contribution in [2.24, 2.45) is 0 Å². The number of nitrogens with one attached hydrogen (secondary N) is 1. The molecule has 24 heavy (non-hydrogen) atoms. The van der Waals surface area contributed by atoms with Crippen molar-refractivity contribution in [2.75, 3.05) is 13.7 Å². The van der Waals surface area contributed by atoms with E-state index in [4.69, 9.17) is 4.74 Å². The molecule has 0 aliphatic heterocycles. The summed E-state index contributed by atoms with van der Waals surface area (Å²) in [5, 5.41) is 32.5. The van der Waals surface area contributed by atoms with Crippen molar-refractivity contribution < 1.29 is 20.1 Å². The molecule has 0 unspecified atom stereocenters. The van der Waals surface area contributed by atoms with Gasteiger partial charge in [0.2, 0.25) is 0 Å². The van der Waals surface area contributed by atoms with Gasteiger partial charge in [0.25, 0.3) is 0 Å². The Kier molecular flexibility index (Phi) is 6.61. The van der Waals surface area contributed by atoms with Crippen LogP contribution >= 0.6 is 0 Å². The lowest BCUT2D eigenvalue weighted by molar-refractivity contribution is 0.136. The molecule has 0 fully saturated rings. The quantitative estimate of drug-likeness (QED) is 0.596.